The Morgan fingerprint density at radius 3 is 2.37 bits per heavy atom. The molecule has 35 heavy (non-hydrogen) atoms. The van der Waals surface area contributed by atoms with Gasteiger partial charge in [-0.2, -0.15) is 0 Å². The van der Waals surface area contributed by atoms with Crippen molar-refractivity contribution in [1.29, 1.82) is 0 Å². The number of nitrogens with one attached hydrogen (secondary N) is 1. The SMILES string of the molecule is O=C1CCCN1CCC(=O)N1CCC2(CC1)Cc1cccc(c1)Oc1cccc(c1)CCNC2=O. The smallest absolute Gasteiger partial charge is 0.226 e. The van der Waals surface area contributed by atoms with Crippen molar-refractivity contribution in [2.24, 2.45) is 5.41 Å². The molecule has 4 bridgehead atoms. The van der Waals surface area contributed by atoms with Gasteiger partial charge in [0, 0.05) is 45.6 Å². The highest BCUT2D eigenvalue weighted by molar-refractivity contribution is 5.84. The number of fused-ring (bicyclic) bond motifs is 4. The standard InChI is InChI=1S/C28H33N3O4/c32-25-8-3-14-30(25)15-10-26(33)31-16-11-28(12-17-31)20-22-5-2-7-24(19-22)35-23-6-1-4-21(18-23)9-13-29-27(28)34/h1-2,4-7,18-19H,3,8-17,20H2,(H,29,34). The largest absolute Gasteiger partial charge is 0.457 e. The van der Waals surface area contributed by atoms with E-state index in [0.717, 1.165) is 42.0 Å². The zero-order valence-corrected chi connectivity index (χ0v) is 20.1. The summed E-state index contributed by atoms with van der Waals surface area (Å²) >= 11 is 0. The van der Waals surface area contributed by atoms with Crippen LogP contribution < -0.4 is 10.1 Å². The molecular formula is C28H33N3O4. The molecule has 184 valence electrons. The average Bonchev–Trinajstić information content (AvgIpc) is 3.27. The molecule has 7 nitrogen and oxygen atoms in total. The quantitative estimate of drug-likeness (QED) is 0.739. The minimum atomic E-state index is -0.563. The lowest BCUT2D eigenvalue weighted by Crippen LogP contribution is -2.51. The van der Waals surface area contributed by atoms with Crippen LogP contribution in [0, 0.1) is 5.41 Å². The van der Waals surface area contributed by atoms with Gasteiger partial charge in [-0.25, -0.2) is 0 Å². The Morgan fingerprint density at radius 2 is 1.66 bits per heavy atom. The van der Waals surface area contributed by atoms with E-state index in [1.165, 1.54) is 0 Å². The van der Waals surface area contributed by atoms with E-state index in [4.69, 9.17) is 4.74 Å². The van der Waals surface area contributed by atoms with Crippen molar-refractivity contribution in [3.8, 4) is 11.5 Å². The van der Waals surface area contributed by atoms with Gasteiger partial charge in [0.25, 0.3) is 0 Å². The van der Waals surface area contributed by atoms with E-state index in [2.05, 4.69) is 5.32 Å². The molecule has 2 fully saturated rings. The van der Waals surface area contributed by atoms with Crippen LogP contribution in [-0.4, -0.2) is 60.2 Å². The van der Waals surface area contributed by atoms with E-state index >= 15 is 0 Å². The summed E-state index contributed by atoms with van der Waals surface area (Å²) in [7, 11) is 0. The van der Waals surface area contributed by atoms with Gasteiger partial charge in [0.1, 0.15) is 11.5 Å². The van der Waals surface area contributed by atoms with Crippen LogP contribution in [0.15, 0.2) is 48.5 Å². The zero-order valence-electron chi connectivity index (χ0n) is 20.1. The number of benzene rings is 2. The second-order valence-corrected chi connectivity index (χ2v) is 9.98. The van der Waals surface area contributed by atoms with Gasteiger partial charge < -0.3 is 19.9 Å². The minimum Gasteiger partial charge on any atom is -0.457 e. The fraction of sp³-hybridized carbons (Fsp3) is 0.464. The van der Waals surface area contributed by atoms with Gasteiger partial charge in [0.15, 0.2) is 0 Å². The number of hydrogen-bond donors (Lipinski definition) is 1. The molecule has 2 aromatic carbocycles. The van der Waals surface area contributed by atoms with Crippen molar-refractivity contribution < 1.29 is 19.1 Å². The van der Waals surface area contributed by atoms with Crippen molar-refractivity contribution in [2.45, 2.75) is 44.9 Å². The number of hydrogen-bond acceptors (Lipinski definition) is 4. The Labute approximate surface area is 206 Å². The van der Waals surface area contributed by atoms with E-state index in [1.54, 1.807) is 4.90 Å². The average molecular weight is 476 g/mol. The maximum absolute atomic E-state index is 13.5. The Hall–Kier alpha value is -3.35. The molecule has 1 spiro atoms. The van der Waals surface area contributed by atoms with Crippen molar-refractivity contribution in [2.75, 3.05) is 32.7 Å². The fourth-order valence-corrected chi connectivity index (χ4v) is 5.52. The Kier molecular flexibility index (Phi) is 6.75. The maximum atomic E-state index is 13.5. The third kappa shape index (κ3) is 5.34. The first kappa shape index (κ1) is 23.4. The third-order valence-corrected chi connectivity index (χ3v) is 7.60. The summed E-state index contributed by atoms with van der Waals surface area (Å²) in [6.45, 7) is 2.91. The van der Waals surface area contributed by atoms with Gasteiger partial charge in [-0.3, -0.25) is 14.4 Å². The number of carbonyl (C=O) groups excluding carboxylic acids is 3. The van der Waals surface area contributed by atoms with E-state index in [9.17, 15) is 14.4 Å². The number of piperidine rings is 1. The van der Waals surface area contributed by atoms with Crippen LogP contribution in [-0.2, 0) is 27.2 Å². The zero-order chi connectivity index (χ0) is 24.3. The molecule has 0 radical (unpaired) electrons. The number of amides is 3. The molecule has 2 aromatic rings. The molecule has 3 amide bonds. The Bertz CT molecular complexity index is 1110. The lowest BCUT2D eigenvalue weighted by atomic mass is 9.72. The maximum Gasteiger partial charge on any atom is 0.226 e. The van der Waals surface area contributed by atoms with Crippen molar-refractivity contribution >= 4 is 17.7 Å². The highest BCUT2D eigenvalue weighted by atomic mass is 16.5. The molecule has 3 aliphatic heterocycles. The number of nitrogens with zero attached hydrogens (tertiary/aromatic N) is 2. The van der Waals surface area contributed by atoms with Crippen LogP contribution in [0.4, 0.5) is 0 Å². The van der Waals surface area contributed by atoms with Crippen LogP contribution in [0.5, 0.6) is 11.5 Å². The molecular weight excluding hydrogens is 442 g/mol. The van der Waals surface area contributed by atoms with Gasteiger partial charge in [-0.15, -0.1) is 0 Å². The van der Waals surface area contributed by atoms with Gasteiger partial charge in [0.2, 0.25) is 17.7 Å². The summed E-state index contributed by atoms with van der Waals surface area (Å²) in [5.41, 5.74) is 1.61. The van der Waals surface area contributed by atoms with Gasteiger partial charge in [-0.05, 0) is 67.5 Å². The summed E-state index contributed by atoms with van der Waals surface area (Å²) in [5.74, 6) is 1.84. The lowest BCUT2D eigenvalue weighted by Gasteiger charge is -2.41. The summed E-state index contributed by atoms with van der Waals surface area (Å²) in [6, 6.07) is 16.0. The minimum absolute atomic E-state index is 0.0639. The molecule has 2 saturated heterocycles. The van der Waals surface area contributed by atoms with E-state index in [-0.39, 0.29) is 17.7 Å². The normalized spacial score (nSPS) is 19.9. The topological polar surface area (TPSA) is 79.0 Å². The van der Waals surface area contributed by atoms with Gasteiger partial charge in [-0.1, -0.05) is 24.3 Å². The first-order chi connectivity index (χ1) is 17.0. The Morgan fingerprint density at radius 1 is 0.943 bits per heavy atom. The highest BCUT2D eigenvalue weighted by Crippen LogP contribution is 2.37. The molecule has 0 atom stereocenters. The third-order valence-electron chi connectivity index (χ3n) is 7.60. The van der Waals surface area contributed by atoms with Crippen molar-refractivity contribution in [3.63, 3.8) is 0 Å². The van der Waals surface area contributed by atoms with E-state index in [0.29, 0.717) is 58.3 Å². The predicted molar refractivity (Wildman–Crippen MR) is 132 cm³/mol. The second kappa shape index (κ2) is 10.1. The predicted octanol–water partition coefficient (Wildman–Crippen LogP) is 3.32. The molecule has 0 unspecified atom stereocenters. The van der Waals surface area contributed by atoms with Crippen LogP contribution in [0.1, 0.15) is 43.2 Å². The fourth-order valence-electron chi connectivity index (χ4n) is 5.52. The molecule has 3 heterocycles. The molecule has 1 N–H and O–H groups in total. The van der Waals surface area contributed by atoms with E-state index in [1.807, 2.05) is 53.4 Å². The van der Waals surface area contributed by atoms with Gasteiger partial charge in [0.05, 0.1) is 5.41 Å². The first-order valence-electron chi connectivity index (χ1n) is 12.7. The number of likely N-dealkylation sites (tertiary alicyclic amines) is 2. The number of rotatable bonds is 3. The summed E-state index contributed by atoms with van der Waals surface area (Å²) in [6.07, 6.45) is 4.40. The monoisotopic (exact) mass is 475 g/mol. The molecule has 5 rings (SSSR count). The van der Waals surface area contributed by atoms with E-state index < -0.39 is 5.41 Å². The van der Waals surface area contributed by atoms with Crippen molar-refractivity contribution in [3.05, 3.63) is 59.7 Å². The van der Waals surface area contributed by atoms with Crippen molar-refractivity contribution in [1.82, 2.24) is 15.1 Å². The summed E-state index contributed by atoms with van der Waals surface area (Å²) < 4.78 is 6.11. The highest BCUT2D eigenvalue weighted by Gasteiger charge is 2.42. The molecule has 3 aliphatic rings. The second-order valence-electron chi connectivity index (χ2n) is 9.98. The van der Waals surface area contributed by atoms with Crippen LogP contribution in [0.25, 0.3) is 0 Å². The number of carbonyl (C=O) groups is 3. The summed E-state index contributed by atoms with van der Waals surface area (Å²) in [5, 5.41) is 3.18. The summed E-state index contributed by atoms with van der Waals surface area (Å²) in [4.78, 5) is 41.9. The van der Waals surface area contributed by atoms with Gasteiger partial charge >= 0.3 is 0 Å². The molecule has 0 aliphatic carbocycles. The molecule has 0 saturated carbocycles. The first-order valence-corrected chi connectivity index (χ1v) is 12.7. The Balaban J connectivity index is 1.29. The molecule has 0 aromatic heterocycles. The molecule has 7 heteroatoms. The lowest BCUT2D eigenvalue weighted by molar-refractivity contribution is -0.141. The van der Waals surface area contributed by atoms with Crippen LogP contribution in [0.2, 0.25) is 0 Å². The number of ether oxygens (including phenoxy) is 1. The van der Waals surface area contributed by atoms with Crippen LogP contribution >= 0.6 is 0 Å². The van der Waals surface area contributed by atoms with Crippen LogP contribution in [0.3, 0.4) is 0 Å².